The molecule has 2 aromatic heterocycles. The van der Waals surface area contributed by atoms with Crippen molar-refractivity contribution in [3.05, 3.63) is 29.2 Å². The summed E-state index contributed by atoms with van der Waals surface area (Å²) in [7, 11) is 0. The fourth-order valence-electron chi connectivity index (χ4n) is 7.39. The van der Waals surface area contributed by atoms with E-state index in [0.29, 0.717) is 43.6 Å². The molecule has 7 rings (SSSR count). The van der Waals surface area contributed by atoms with Crippen molar-refractivity contribution in [2.24, 2.45) is 11.8 Å². The van der Waals surface area contributed by atoms with Gasteiger partial charge in [0.1, 0.15) is 23.6 Å². The molecular formula is C31H40N8O4. The van der Waals surface area contributed by atoms with Crippen molar-refractivity contribution in [2.45, 2.75) is 102 Å². The highest BCUT2D eigenvalue weighted by atomic mass is 16.5. The first-order chi connectivity index (χ1) is 20.6. The van der Waals surface area contributed by atoms with Gasteiger partial charge >= 0.3 is 0 Å². The lowest BCUT2D eigenvalue weighted by Gasteiger charge is -2.39. The Hall–Kier alpha value is -3.72. The second-order valence-corrected chi connectivity index (χ2v) is 13.7. The lowest BCUT2D eigenvalue weighted by Crippen LogP contribution is -2.56. The van der Waals surface area contributed by atoms with Gasteiger partial charge in [-0.3, -0.25) is 24.0 Å². The minimum atomic E-state index is -0.856. The molecule has 0 radical (unpaired) electrons. The van der Waals surface area contributed by atoms with Gasteiger partial charge in [0.15, 0.2) is 5.69 Å². The summed E-state index contributed by atoms with van der Waals surface area (Å²) in [5, 5.41) is 22.5. The Morgan fingerprint density at radius 2 is 1.86 bits per heavy atom. The highest BCUT2D eigenvalue weighted by Crippen LogP contribution is 2.53. The van der Waals surface area contributed by atoms with Crippen molar-refractivity contribution in [2.75, 3.05) is 24.7 Å². The van der Waals surface area contributed by atoms with Gasteiger partial charge in [-0.15, -0.1) is 0 Å². The lowest BCUT2D eigenvalue weighted by molar-refractivity contribution is -0.121. The summed E-state index contributed by atoms with van der Waals surface area (Å²) in [6.45, 7) is 9.46. The average molecular weight is 589 g/mol. The molecule has 3 aliphatic heterocycles. The second-order valence-electron chi connectivity index (χ2n) is 13.7. The quantitative estimate of drug-likeness (QED) is 0.548. The fraction of sp³-hybridized carbons (Fsp3) is 0.677. The topological polar surface area (TPSA) is 138 Å². The molecule has 0 unspecified atom stereocenters. The molecule has 0 aromatic carbocycles. The summed E-state index contributed by atoms with van der Waals surface area (Å²) in [5.74, 6) is -0.0652. The Morgan fingerprint density at radius 3 is 2.49 bits per heavy atom. The van der Waals surface area contributed by atoms with Crippen LogP contribution < -0.4 is 10.2 Å². The van der Waals surface area contributed by atoms with E-state index in [-0.39, 0.29) is 41.0 Å². The van der Waals surface area contributed by atoms with Crippen LogP contribution in [0.5, 0.6) is 0 Å². The zero-order chi connectivity index (χ0) is 30.2. The minimum absolute atomic E-state index is 0.0164. The Morgan fingerprint density at radius 1 is 1.12 bits per heavy atom. The number of ether oxygens (including phenoxy) is 1. The number of carbonyl (C=O) groups is 3. The number of anilines is 1. The predicted molar refractivity (Wildman–Crippen MR) is 155 cm³/mol. The molecule has 12 heteroatoms. The number of amides is 3. The number of likely N-dealkylation sites (N-methyl/N-ethyl adjacent to an activating group) is 1. The normalized spacial score (nSPS) is 28.8. The molecule has 2 saturated carbocycles. The SMILES string of the molecule is CCN1C(=O)[C@@H](NC(=O)c2ccn(C(C)(C)C)n2)[C@@H](C2CC2)c2c(C(=O)N3[C@H](C#N)C[C@H]4C[C@H]43)nn(C3CCOCC3)c21. The molecule has 2 aromatic rings. The van der Waals surface area contributed by atoms with Crippen LogP contribution in [-0.4, -0.2) is 80.1 Å². The van der Waals surface area contributed by atoms with Crippen LogP contribution in [0.15, 0.2) is 12.3 Å². The molecule has 2 aliphatic carbocycles. The highest BCUT2D eigenvalue weighted by Gasteiger charge is 2.57. The van der Waals surface area contributed by atoms with E-state index in [0.717, 1.165) is 37.7 Å². The monoisotopic (exact) mass is 588 g/mol. The Labute approximate surface area is 251 Å². The molecule has 5 aliphatic rings. The molecule has 4 fully saturated rings. The third kappa shape index (κ3) is 4.63. The van der Waals surface area contributed by atoms with Crippen LogP contribution in [0.1, 0.15) is 105 Å². The van der Waals surface area contributed by atoms with E-state index in [9.17, 15) is 19.6 Å². The highest BCUT2D eigenvalue weighted by molar-refractivity contribution is 6.07. The van der Waals surface area contributed by atoms with E-state index >= 15 is 0 Å². The first kappa shape index (κ1) is 28.1. The van der Waals surface area contributed by atoms with Crippen molar-refractivity contribution in [1.29, 1.82) is 5.26 Å². The molecule has 5 heterocycles. The van der Waals surface area contributed by atoms with Gasteiger partial charge in [0, 0.05) is 43.5 Å². The molecule has 3 amide bonds. The summed E-state index contributed by atoms with van der Waals surface area (Å²) in [6, 6.07) is 2.73. The second kappa shape index (κ2) is 10.2. The minimum Gasteiger partial charge on any atom is -0.381 e. The van der Waals surface area contributed by atoms with Crippen LogP contribution >= 0.6 is 0 Å². The molecule has 43 heavy (non-hydrogen) atoms. The van der Waals surface area contributed by atoms with Crippen LogP contribution in [0.25, 0.3) is 0 Å². The summed E-state index contributed by atoms with van der Waals surface area (Å²) in [6.07, 6.45) is 6.65. The third-order valence-corrected chi connectivity index (χ3v) is 9.87. The van der Waals surface area contributed by atoms with Crippen molar-refractivity contribution in [1.82, 2.24) is 29.8 Å². The van der Waals surface area contributed by atoms with E-state index < -0.39 is 23.9 Å². The van der Waals surface area contributed by atoms with E-state index in [2.05, 4.69) is 16.5 Å². The molecule has 12 nitrogen and oxygen atoms in total. The Kier molecular flexibility index (Phi) is 6.65. The summed E-state index contributed by atoms with van der Waals surface area (Å²) in [5.41, 5.74) is 1.02. The zero-order valence-corrected chi connectivity index (χ0v) is 25.3. The third-order valence-electron chi connectivity index (χ3n) is 9.87. The largest absolute Gasteiger partial charge is 0.381 e. The van der Waals surface area contributed by atoms with Gasteiger partial charge in [-0.2, -0.15) is 15.5 Å². The Bertz CT molecular complexity index is 1500. The van der Waals surface area contributed by atoms with Gasteiger partial charge in [0.2, 0.25) is 0 Å². The van der Waals surface area contributed by atoms with Crippen LogP contribution in [0.2, 0.25) is 0 Å². The van der Waals surface area contributed by atoms with Gasteiger partial charge in [0.05, 0.1) is 17.6 Å². The smallest absolute Gasteiger partial charge is 0.276 e. The number of hydrogen-bond donors (Lipinski definition) is 1. The van der Waals surface area contributed by atoms with Gasteiger partial charge in [0.25, 0.3) is 17.7 Å². The first-order valence-electron chi connectivity index (χ1n) is 15.7. The zero-order valence-electron chi connectivity index (χ0n) is 25.3. The maximum atomic E-state index is 14.4. The van der Waals surface area contributed by atoms with Gasteiger partial charge in [-0.25, -0.2) is 4.68 Å². The standard InChI is InChI=1S/C31H40N8O4/c1-5-36-28-24(23(17-6-7-17)25(29(36)41)33-27(40)21-8-11-37(34-21)31(2,3)4)26(35-39(28)19-9-12-43-13-10-19)30(42)38-20(16-32)14-18-15-22(18)38/h8,11,17-20,22-23,25H,5-7,9-10,12-15H2,1-4H3,(H,33,40)/t18-,20-,22+,23-,25-/m0/s1. The molecular weight excluding hydrogens is 548 g/mol. The molecule has 1 N–H and O–H groups in total. The summed E-state index contributed by atoms with van der Waals surface area (Å²) in [4.78, 5) is 45.7. The van der Waals surface area contributed by atoms with Crippen molar-refractivity contribution in [3.8, 4) is 6.07 Å². The number of fused-ring (bicyclic) bond motifs is 2. The van der Waals surface area contributed by atoms with Crippen LogP contribution in [0.4, 0.5) is 5.82 Å². The number of aromatic nitrogens is 4. The Balaban J connectivity index is 1.32. The number of nitriles is 1. The van der Waals surface area contributed by atoms with Crippen LogP contribution in [-0.2, 0) is 15.1 Å². The van der Waals surface area contributed by atoms with Crippen LogP contribution in [0, 0.1) is 23.2 Å². The number of nitrogens with one attached hydrogen (secondary N) is 1. The summed E-state index contributed by atoms with van der Waals surface area (Å²) >= 11 is 0. The number of nitrogens with zero attached hydrogens (tertiary/aromatic N) is 7. The van der Waals surface area contributed by atoms with Gasteiger partial charge in [-0.1, -0.05) is 0 Å². The van der Waals surface area contributed by atoms with E-state index in [1.165, 1.54) is 0 Å². The van der Waals surface area contributed by atoms with Crippen LogP contribution in [0.3, 0.4) is 0 Å². The van der Waals surface area contributed by atoms with E-state index in [4.69, 9.17) is 9.84 Å². The molecule has 5 atom stereocenters. The average Bonchev–Trinajstić information content (AvgIpc) is 3.83. The molecule has 228 valence electrons. The predicted octanol–water partition coefficient (Wildman–Crippen LogP) is 2.97. The van der Waals surface area contributed by atoms with Crippen molar-refractivity contribution >= 4 is 23.5 Å². The summed E-state index contributed by atoms with van der Waals surface area (Å²) < 4.78 is 9.26. The first-order valence-corrected chi connectivity index (χ1v) is 15.7. The number of rotatable bonds is 6. The number of likely N-dealkylation sites (tertiary alicyclic amines) is 1. The van der Waals surface area contributed by atoms with Crippen molar-refractivity contribution in [3.63, 3.8) is 0 Å². The van der Waals surface area contributed by atoms with Gasteiger partial charge in [-0.05, 0) is 84.1 Å². The number of hydrogen-bond acceptors (Lipinski definition) is 7. The maximum absolute atomic E-state index is 14.4. The number of piperidine rings is 1. The van der Waals surface area contributed by atoms with Gasteiger partial charge < -0.3 is 15.0 Å². The fourth-order valence-corrected chi connectivity index (χ4v) is 7.39. The molecule has 0 spiro atoms. The maximum Gasteiger partial charge on any atom is 0.276 e. The molecule has 2 saturated heterocycles. The number of carbonyl (C=O) groups excluding carboxylic acids is 3. The molecule has 0 bridgehead atoms. The lowest BCUT2D eigenvalue weighted by atomic mass is 9.82. The van der Waals surface area contributed by atoms with Crippen molar-refractivity contribution < 1.29 is 19.1 Å². The van der Waals surface area contributed by atoms with E-state index in [1.54, 1.807) is 26.7 Å². The van der Waals surface area contributed by atoms with E-state index in [1.807, 2.05) is 32.4 Å².